The molecule has 1 atom stereocenters. The summed E-state index contributed by atoms with van der Waals surface area (Å²) in [4.78, 5) is 14.0. The van der Waals surface area contributed by atoms with E-state index in [9.17, 15) is 4.79 Å². The molecule has 1 saturated heterocycles. The second kappa shape index (κ2) is 9.64. The standard InChI is InChI=1S/C16H23IN2O.ClH/c17-15-7-5-13(6-8-15)3-1-2-4-16(20)19-10-9-14(11-18)12-19;/h5-8,14H,1-4,9-12,18H2;1H. The molecule has 1 aromatic carbocycles. The lowest BCUT2D eigenvalue weighted by molar-refractivity contribution is -0.130. The van der Waals surface area contributed by atoms with Gasteiger partial charge in [-0.05, 0) is 78.4 Å². The van der Waals surface area contributed by atoms with Gasteiger partial charge in [0.25, 0.3) is 0 Å². The molecule has 2 rings (SSSR count). The van der Waals surface area contributed by atoms with Crippen molar-refractivity contribution in [2.75, 3.05) is 19.6 Å². The molecular formula is C16H24ClIN2O. The van der Waals surface area contributed by atoms with Gasteiger partial charge in [-0.2, -0.15) is 0 Å². The molecule has 0 aliphatic carbocycles. The van der Waals surface area contributed by atoms with E-state index < -0.39 is 0 Å². The van der Waals surface area contributed by atoms with Gasteiger partial charge in [-0.15, -0.1) is 12.4 Å². The fourth-order valence-corrected chi connectivity index (χ4v) is 3.03. The Morgan fingerprint density at radius 3 is 2.62 bits per heavy atom. The van der Waals surface area contributed by atoms with Crippen LogP contribution in [0.4, 0.5) is 0 Å². The Morgan fingerprint density at radius 2 is 2.00 bits per heavy atom. The van der Waals surface area contributed by atoms with Crippen molar-refractivity contribution in [2.45, 2.75) is 32.1 Å². The molecule has 2 N–H and O–H groups in total. The van der Waals surface area contributed by atoms with Gasteiger partial charge >= 0.3 is 0 Å². The van der Waals surface area contributed by atoms with Gasteiger partial charge in [-0.3, -0.25) is 4.79 Å². The molecule has 0 spiro atoms. The highest BCUT2D eigenvalue weighted by molar-refractivity contribution is 14.1. The summed E-state index contributed by atoms with van der Waals surface area (Å²) in [6.07, 6.45) is 4.89. The summed E-state index contributed by atoms with van der Waals surface area (Å²) in [5.41, 5.74) is 7.02. The molecule has 5 heteroatoms. The number of hydrogen-bond donors (Lipinski definition) is 1. The first-order valence-corrected chi connectivity index (χ1v) is 8.49. The van der Waals surface area contributed by atoms with Crippen LogP contribution in [-0.2, 0) is 11.2 Å². The Labute approximate surface area is 147 Å². The lowest BCUT2D eigenvalue weighted by Crippen LogP contribution is -2.29. The smallest absolute Gasteiger partial charge is 0.222 e. The van der Waals surface area contributed by atoms with Gasteiger partial charge in [0.2, 0.25) is 5.91 Å². The van der Waals surface area contributed by atoms with Gasteiger partial charge in [0, 0.05) is 23.1 Å². The molecule has 118 valence electrons. The van der Waals surface area contributed by atoms with Crippen LogP contribution in [0.5, 0.6) is 0 Å². The Bertz CT molecular complexity index is 438. The average Bonchev–Trinajstić information content (AvgIpc) is 2.94. The first-order valence-electron chi connectivity index (χ1n) is 7.41. The molecular weight excluding hydrogens is 399 g/mol. The molecule has 1 heterocycles. The predicted octanol–water partition coefficient (Wildman–Crippen LogP) is 3.23. The van der Waals surface area contributed by atoms with Gasteiger partial charge in [0.15, 0.2) is 0 Å². The van der Waals surface area contributed by atoms with E-state index in [0.717, 1.165) is 38.8 Å². The predicted molar refractivity (Wildman–Crippen MR) is 97.7 cm³/mol. The number of hydrogen-bond acceptors (Lipinski definition) is 2. The van der Waals surface area contributed by atoms with Crippen molar-refractivity contribution >= 4 is 40.9 Å². The lowest BCUT2D eigenvalue weighted by atomic mass is 10.1. The van der Waals surface area contributed by atoms with Crippen molar-refractivity contribution in [2.24, 2.45) is 11.7 Å². The van der Waals surface area contributed by atoms with Crippen LogP contribution in [0.3, 0.4) is 0 Å². The number of benzene rings is 1. The van der Waals surface area contributed by atoms with Crippen molar-refractivity contribution in [1.82, 2.24) is 4.90 Å². The fourth-order valence-electron chi connectivity index (χ4n) is 2.67. The zero-order chi connectivity index (χ0) is 14.4. The van der Waals surface area contributed by atoms with Gasteiger partial charge in [-0.1, -0.05) is 12.1 Å². The van der Waals surface area contributed by atoms with Crippen LogP contribution in [-0.4, -0.2) is 30.4 Å². The van der Waals surface area contributed by atoms with E-state index in [-0.39, 0.29) is 12.4 Å². The molecule has 0 saturated carbocycles. The Kier molecular flexibility index (Phi) is 8.59. The van der Waals surface area contributed by atoms with E-state index in [2.05, 4.69) is 46.9 Å². The number of nitrogens with two attached hydrogens (primary N) is 1. The molecule has 1 aliphatic rings. The molecule has 21 heavy (non-hydrogen) atoms. The molecule has 1 aromatic rings. The summed E-state index contributed by atoms with van der Waals surface area (Å²) < 4.78 is 1.27. The van der Waals surface area contributed by atoms with Crippen LogP contribution >= 0.6 is 35.0 Å². The van der Waals surface area contributed by atoms with Crippen LogP contribution in [0.2, 0.25) is 0 Å². The fraction of sp³-hybridized carbons (Fsp3) is 0.562. The van der Waals surface area contributed by atoms with Gasteiger partial charge in [-0.25, -0.2) is 0 Å². The number of unbranched alkanes of at least 4 members (excludes halogenated alkanes) is 1. The quantitative estimate of drug-likeness (QED) is 0.565. The van der Waals surface area contributed by atoms with E-state index in [1.807, 2.05) is 4.90 Å². The van der Waals surface area contributed by atoms with Crippen LogP contribution in [0.25, 0.3) is 0 Å². The number of likely N-dealkylation sites (tertiary alicyclic amines) is 1. The molecule has 3 nitrogen and oxygen atoms in total. The van der Waals surface area contributed by atoms with Crippen LogP contribution < -0.4 is 5.73 Å². The maximum Gasteiger partial charge on any atom is 0.222 e. The summed E-state index contributed by atoms with van der Waals surface area (Å²) >= 11 is 2.32. The number of amides is 1. The average molecular weight is 423 g/mol. The highest BCUT2D eigenvalue weighted by Gasteiger charge is 2.24. The Morgan fingerprint density at radius 1 is 1.29 bits per heavy atom. The van der Waals surface area contributed by atoms with Crippen molar-refractivity contribution in [3.8, 4) is 0 Å². The number of carbonyl (C=O) groups excluding carboxylic acids is 1. The van der Waals surface area contributed by atoms with E-state index in [1.54, 1.807) is 0 Å². The molecule has 1 unspecified atom stereocenters. The summed E-state index contributed by atoms with van der Waals surface area (Å²) in [7, 11) is 0. The largest absolute Gasteiger partial charge is 0.342 e. The minimum atomic E-state index is 0. The molecule has 1 aliphatic heterocycles. The van der Waals surface area contributed by atoms with E-state index >= 15 is 0 Å². The van der Waals surface area contributed by atoms with Gasteiger partial charge < -0.3 is 10.6 Å². The van der Waals surface area contributed by atoms with Gasteiger partial charge in [0.05, 0.1) is 0 Å². The van der Waals surface area contributed by atoms with Crippen molar-refractivity contribution in [3.05, 3.63) is 33.4 Å². The van der Waals surface area contributed by atoms with Crippen molar-refractivity contribution < 1.29 is 4.79 Å². The zero-order valence-electron chi connectivity index (χ0n) is 12.3. The second-order valence-electron chi connectivity index (χ2n) is 5.56. The number of aryl methyl sites for hydroxylation is 1. The maximum atomic E-state index is 12.0. The SMILES string of the molecule is Cl.NCC1CCN(C(=O)CCCCc2ccc(I)cc2)C1. The Hall–Kier alpha value is -0.330. The topological polar surface area (TPSA) is 46.3 Å². The van der Waals surface area contributed by atoms with Gasteiger partial charge in [0.1, 0.15) is 0 Å². The monoisotopic (exact) mass is 422 g/mol. The minimum Gasteiger partial charge on any atom is -0.342 e. The molecule has 1 fully saturated rings. The first-order chi connectivity index (χ1) is 9.69. The second-order valence-corrected chi connectivity index (χ2v) is 6.81. The van der Waals surface area contributed by atoms with Crippen molar-refractivity contribution in [1.29, 1.82) is 0 Å². The van der Waals surface area contributed by atoms with E-state index in [4.69, 9.17) is 5.73 Å². The lowest BCUT2D eigenvalue weighted by Gasteiger charge is -2.16. The normalized spacial score (nSPS) is 17.6. The van der Waals surface area contributed by atoms with E-state index in [0.29, 0.717) is 24.8 Å². The number of rotatable bonds is 6. The molecule has 0 radical (unpaired) electrons. The van der Waals surface area contributed by atoms with Crippen LogP contribution in [0.15, 0.2) is 24.3 Å². The molecule has 0 aromatic heterocycles. The highest BCUT2D eigenvalue weighted by atomic mass is 127. The summed E-state index contributed by atoms with van der Waals surface area (Å²) in [5.74, 6) is 0.828. The number of carbonyl (C=O) groups is 1. The third kappa shape index (κ3) is 6.12. The Balaban J connectivity index is 0.00000220. The van der Waals surface area contributed by atoms with Crippen molar-refractivity contribution in [3.63, 3.8) is 0 Å². The van der Waals surface area contributed by atoms with Crippen LogP contribution in [0.1, 0.15) is 31.2 Å². The third-order valence-electron chi connectivity index (χ3n) is 3.99. The summed E-state index contributed by atoms with van der Waals surface area (Å²) in [6, 6.07) is 8.63. The zero-order valence-corrected chi connectivity index (χ0v) is 15.2. The highest BCUT2D eigenvalue weighted by Crippen LogP contribution is 2.17. The molecule has 0 bridgehead atoms. The minimum absolute atomic E-state index is 0. The summed E-state index contributed by atoms with van der Waals surface area (Å²) in [6.45, 7) is 2.47. The molecule has 1 amide bonds. The number of nitrogens with zero attached hydrogens (tertiary/aromatic N) is 1. The maximum absolute atomic E-state index is 12.0. The third-order valence-corrected chi connectivity index (χ3v) is 4.71. The summed E-state index contributed by atoms with van der Waals surface area (Å²) in [5, 5.41) is 0. The van der Waals surface area contributed by atoms with E-state index in [1.165, 1.54) is 9.13 Å². The van der Waals surface area contributed by atoms with Crippen LogP contribution in [0, 0.1) is 9.49 Å². The number of halogens is 2. The first kappa shape index (κ1) is 18.7.